The van der Waals surface area contributed by atoms with Crippen molar-refractivity contribution in [3.63, 3.8) is 0 Å². The number of hydrogen-bond donors (Lipinski definition) is 3. The molecule has 162 valence electrons. The van der Waals surface area contributed by atoms with E-state index >= 15 is 0 Å². The molecule has 0 atom stereocenters. The minimum Gasteiger partial charge on any atom is -0.508 e. The average Bonchev–Trinajstić information content (AvgIpc) is 2.75. The number of rotatable bonds is 5. The molecule has 0 amide bonds. The van der Waals surface area contributed by atoms with Gasteiger partial charge in [0.25, 0.3) is 0 Å². The number of aromatic hydroxyl groups is 3. The maximum atomic E-state index is 10.7. The summed E-state index contributed by atoms with van der Waals surface area (Å²) in [6.07, 6.45) is 0. The van der Waals surface area contributed by atoms with Crippen LogP contribution in [0.15, 0.2) is 78.9 Å². The Kier molecular flexibility index (Phi) is 5.65. The zero-order valence-electron chi connectivity index (χ0n) is 18.2. The smallest absolute Gasteiger partial charge is 0.139 e. The number of aryl methyl sites for hydroxylation is 3. The van der Waals surface area contributed by atoms with Crippen LogP contribution in [0.2, 0.25) is 0 Å². The number of benzene rings is 4. The largest absolute Gasteiger partial charge is 0.508 e. The van der Waals surface area contributed by atoms with Gasteiger partial charge in [-0.25, -0.2) is 0 Å². The van der Waals surface area contributed by atoms with Gasteiger partial charge in [0, 0.05) is 11.8 Å². The van der Waals surface area contributed by atoms with Gasteiger partial charge in [-0.2, -0.15) is 0 Å². The van der Waals surface area contributed by atoms with Gasteiger partial charge in [0.15, 0.2) is 0 Å². The van der Waals surface area contributed by atoms with Crippen LogP contribution in [0.4, 0.5) is 17.1 Å². The van der Waals surface area contributed by atoms with E-state index in [2.05, 4.69) is 0 Å². The first-order chi connectivity index (χ1) is 15.3. The number of para-hydroxylation sites is 2. The number of ether oxygens (including phenoxy) is 1. The highest BCUT2D eigenvalue weighted by atomic mass is 16.5. The van der Waals surface area contributed by atoms with E-state index in [1.54, 1.807) is 42.5 Å². The topological polar surface area (TPSA) is 73.2 Å². The summed E-state index contributed by atoms with van der Waals surface area (Å²) in [6.45, 7) is 5.74. The van der Waals surface area contributed by atoms with E-state index in [-0.39, 0.29) is 17.2 Å². The molecule has 0 aromatic heterocycles. The molecule has 0 aliphatic heterocycles. The van der Waals surface area contributed by atoms with Crippen molar-refractivity contribution >= 4 is 17.1 Å². The molecule has 0 radical (unpaired) electrons. The van der Waals surface area contributed by atoms with E-state index in [9.17, 15) is 15.3 Å². The molecule has 0 bridgehead atoms. The number of phenols is 3. The van der Waals surface area contributed by atoms with Crippen LogP contribution in [-0.4, -0.2) is 15.3 Å². The SMILES string of the molecule is Cc1ccc(O)cc1Oc1ccc(N(c2c(C)cccc2O)c2c(C)cccc2O)cc1. The van der Waals surface area contributed by atoms with Crippen molar-refractivity contribution in [1.82, 2.24) is 0 Å². The lowest BCUT2D eigenvalue weighted by Crippen LogP contribution is -2.13. The molecule has 0 saturated heterocycles. The maximum Gasteiger partial charge on any atom is 0.139 e. The van der Waals surface area contributed by atoms with Crippen LogP contribution in [0.1, 0.15) is 16.7 Å². The molecule has 4 rings (SSSR count). The molecular formula is C27H25NO4. The predicted octanol–water partition coefficient (Wildman–Crippen LogP) is 6.99. The standard InChI is InChI=1S/C27H25NO4/c1-17-10-13-21(29)16-25(17)32-22-14-11-20(12-15-22)28(26-18(2)6-4-8-23(26)30)27-19(3)7-5-9-24(27)31/h4-16,29-31H,1-3H3. The van der Waals surface area contributed by atoms with Crippen LogP contribution in [0.3, 0.4) is 0 Å². The Labute approximate surface area is 187 Å². The molecule has 5 nitrogen and oxygen atoms in total. The van der Waals surface area contributed by atoms with Crippen LogP contribution >= 0.6 is 0 Å². The molecule has 4 aromatic carbocycles. The van der Waals surface area contributed by atoms with Crippen molar-refractivity contribution in [1.29, 1.82) is 0 Å². The summed E-state index contributed by atoms with van der Waals surface area (Å²) in [5.41, 5.74) is 4.57. The maximum absolute atomic E-state index is 10.7. The number of nitrogens with zero attached hydrogens (tertiary/aromatic N) is 1. The lowest BCUT2D eigenvalue weighted by Gasteiger charge is -2.29. The minimum absolute atomic E-state index is 0.114. The van der Waals surface area contributed by atoms with Gasteiger partial charge in [0.05, 0.1) is 11.4 Å². The normalized spacial score (nSPS) is 10.7. The zero-order valence-corrected chi connectivity index (χ0v) is 18.2. The highest BCUT2D eigenvalue weighted by Gasteiger charge is 2.22. The van der Waals surface area contributed by atoms with Gasteiger partial charge in [-0.05, 0) is 79.9 Å². The average molecular weight is 428 g/mol. The predicted molar refractivity (Wildman–Crippen MR) is 127 cm³/mol. The third-order valence-corrected chi connectivity index (χ3v) is 5.37. The quantitative estimate of drug-likeness (QED) is 0.320. The monoisotopic (exact) mass is 427 g/mol. The van der Waals surface area contributed by atoms with E-state index in [0.29, 0.717) is 22.9 Å². The fourth-order valence-electron chi connectivity index (χ4n) is 3.73. The number of anilines is 3. The Morgan fingerprint density at radius 1 is 0.625 bits per heavy atom. The first-order valence-electron chi connectivity index (χ1n) is 10.3. The third kappa shape index (κ3) is 4.05. The highest BCUT2D eigenvalue weighted by Crippen LogP contribution is 2.46. The summed E-state index contributed by atoms with van der Waals surface area (Å²) in [7, 11) is 0. The lowest BCUT2D eigenvalue weighted by atomic mass is 10.1. The first kappa shape index (κ1) is 21.1. The van der Waals surface area contributed by atoms with Crippen LogP contribution in [0.25, 0.3) is 0 Å². The molecule has 0 spiro atoms. The first-order valence-corrected chi connectivity index (χ1v) is 10.3. The minimum atomic E-state index is 0.114. The fraction of sp³-hybridized carbons (Fsp3) is 0.111. The molecular weight excluding hydrogens is 402 g/mol. The Hall–Kier alpha value is -4.12. The van der Waals surface area contributed by atoms with E-state index in [0.717, 1.165) is 22.4 Å². The van der Waals surface area contributed by atoms with Crippen molar-refractivity contribution in [3.8, 4) is 28.7 Å². The highest BCUT2D eigenvalue weighted by molar-refractivity contribution is 5.86. The number of phenolic OH excluding ortho intramolecular Hbond substituents is 3. The molecule has 0 aliphatic carbocycles. The van der Waals surface area contributed by atoms with E-state index in [4.69, 9.17) is 4.74 Å². The number of hydrogen-bond acceptors (Lipinski definition) is 5. The van der Waals surface area contributed by atoms with Crippen LogP contribution in [0.5, 0.6) is 28.7 Å². The zero-order chi connectivity index (χ0) is 22.8. The summed E-state index contributed by atoms with van der Waals surface area (Å²) in [5, 5.41) is 31.2. The molecule has 4 aromatic rings. The van der Waals surface area contributed by atoms with Crippen molar-refractivity contribution in [2.45, 2.75) is 20.8 Å². The van der Waals surface area contributed by atoms with E-state index in [1.165, 1.54) is 0 Å². The lowest BCUT2D eigenvalue weighted by molar-refractivity contribution is 0.453. The molecule has 0 aliphatic rings. The fourth-order valence-corrected chi connectivity index (χ4v) is 3.73. The van der Waals surface area contributed by atoms with Gasteiger partial charge >= 0.3 is 0 Å². The van der Waals surface area contributed by atoms with Crippen molar-refractivity contribution < 1.29 is 20.1 Å². The summed E-state index contributed by atoms with van der Waals surface area (Å²) in [5.74, 6) is 1.54. The molecule has 5 heteroatoms. The second-order valence-corrected chi connectivity index (χ2v) is 7.77. The second kappa shape index (κ2) is 8.55. The Morgan fingerprint density at radius 2 is 1.19 bits per heavy atom. The third-order valence-electron chi connectivity index (χ3n) is 5.37. The van der Waals surface area contributed by atoms with E-state index < -0.39 is 0 Å². The molecule has 0 fully saturated rings. The summed E-state index contributed by atoms with van der Waals surface area (Å²) < 4.78 is 5.95. The molecule has 0 unspecified atom stereocenters. The Morgan fingerprint density at radius 3 is 1.72 bits per heavy atom. The van der Waals surface area contributed by atoms with Gasteiger partial charge in [0.2, 0.25) is 0 Å². The van der Waals surface area contributed by atoms with Crippen LogP contribution in [-0.2, 0) is 0 Å². The van der Waals surface area contributed by atoms with Crippen molar-refractivity contribution in [2.75, 3.05) is 4.90 Å². The second-order valence-electron chi connectivity index (χ2n) is 7.77. The molecule has 3 N–H and O–H groups in total. The van der Waals surface area contributed by atoms with Gasteiger partial charge in [0.1, 0.15) is 28.7 Å². The van der Waals surface area contributed by atoms with Crippen molar-refractivity contribution in [2.24, 2.45) is 0 Å². The van der Waals surface area contributed by atoms with Gasteiger partial charge in [-0.3, -0.25) is 0 Å². The summed E-state index contributed by atoms with van der Waals surface area (Å²) in [6, 6.07) is 23.0. The van der Waals surface area contributed by atoms with E-state index in [1.807, 2.05) is 62.1 Å². The Balaban J connectivity index is 1.80. The van der Waals surface area contributed by atoms with Gasteiger partial charge in [-0.15, -0.1) is 0 Å². The molecule has 0 heterocycles. The van der Waals surface area contributed by atoms with Crippen LogP contribution < -0.4 is 9.64 Å². The Bertz CT molecular complexity index is 1170. The summed E-state index contributed by atoms with van der Waals surface area (Å²) in [4.78, 5) is 1.85. The van der Waals surface area contributed by atoms with Crippen LogP contribution in [0, 0.1) is 20.8 Å². The summed E-state index contributed by atoms with van der Waals surface area (Å²) >= 11 is 0. The van der Waals surface area contributed by atoms with Crippen molar-refractivity contribution in [3.05, 3.63) is 95.6 Å². The molecule has 0 saturated carbocycles. The molecule has 32 heavy (non-hydrogen) atoms. The van der Waals surface area contributed by atoms with Gasteiger partial charge < -0.3 is 25.0 Å². The van der Waals surface area contributed by atoms with Gasteiger partial charge in [-0.1, -0.05) is 30.3 Å².